The van der Waals surface area contributed by atoms with E-state index in [1.54, 1.807) is 0 Å². The highest BCUT2D eigenvalue weighted by atomic mass is 35.5. The summed E-state index contributed by atoms with van der Waals surface area (Å²) in [6.45, 7) is 6.17. The van der Waals surface area contributed by atoms with Crippen molar-refractivity contribution in [3.8, 4) is 0 Å². The molecule has 0 saturated heterocycles. The Kier molecular flexibility index (Phi) is 3.09. The predicted octanol–water partition coefficient (Wildman–Crippen LogP) is 4.97. The van der Waals surface area contributed by atoms with Crippen LogP contribution in [0.1, 0.15) is 31.0 Å². The summed E-state index contributed by atoms with van der Waals surface area (Å²) in [6.07, 6.45) is 0. The molecule has 84 valence electrons. The average Bonchev–Trinajstić information content (AvgIpc) is 2.23. The number of aryl methyl sites for hydroxylation is 1. The molecule has 0 radical (unpaired) electrons. The molecule has 0 saturated carbocycles. The fourth-order valence-electron chi connectivity index (χ4n) is 1.68. The van der Waals surface area contributed by atoms with Crippen LogP contribution in [0, 0.1) is 6.92 Å². The van der Waals surface area contributed by atoms with Gasteiger partial charge in [-0.05, 0) is 36.6 Å². The third kappa shape index (κ3) is 1.90. The molecule has 0 amide bonds. The Bertz CT molecular complexity index is 547. The largest absolute Gasteiger partial charge is 0.252 e. The van der Waals surface area contributed by atoms with Crippen LogP contribution in [0.15, 0.2) is 18.2 Å². The number of halogens is 2. The van der Waals surface area contributed by atoms with Gasteiger partial charge < -0.3 is 0 Å². The first-order chi connectivity index (χ1) is 7.50. The Hall–Kier alpha value is -0.790. The standard InChI is InChI=1S/C13H13Cl2N/c1-7(2)12-6-11(15)9-4-5-10(14)8(3)13(9)16-12/h4-7H,1-3H3. The lowest BCUT2D eigenvalue weighted by atomic mass is 10.1. The number of benzene rings is 1. The Morgan fingerprint density at radius 1 is 1.12 bits per heavy atom. The Balaban J connectivity index is 2.83. The van der Waals surface area contributed by atoms with Gasteiger partial charge in [-0.3, -0.25) is 4.98 Å². The van der Waals surface area contributed by atoms with Gasteiger partial charge in [0, 0.05) is 16.1 Å². The molecule has 0 aliphatic rings. The molecular formula is C13H13Cl2N. The summed E-state index contributed by atoms with van der Waals surface area (Å²) in [7, 11) is 0. The maximum absolute atomic E-state index is 6.25. The fourth-order valence-corrected chi connectivity index (χ4v) is 2.09. The molecule has 16 heavy (non-hydrogen) atoms. The van der Waals surface area contributed by atoms with Gasteiger partial charge in [-0.2, -0.15) is 0 Å². The minimum atomic E-state index is 0.361. The van der Waals surface area contributed by atoms with Crippen molar-refractivity contribution in [3.05, 3.63) is 39.5 Å². The van der Waals surface area contributed by atoms with Crippen molar-refractivity contribution in [2.24, 2.45) is 0 Å². The van der Waals surface area contributed by atoms with Crippen LogP contribution < -0.4 is 0 Å². The van der Waals surface area contributed by atoms with E-state index in [-0.39, 0.29) is 0 Å². The Morgan fingerprint density at radius 3 is 2.44 bits per heavy atom. The summed E-state index contributed by atoms with van der Waals surface area (Å²) in [6, 6.07) is 5.72. The first kappa shape index (κ1) is 11.7. The summed E-state index contributed by atoms with van der Waals surface area (Å²) < 4.78 is 0. The molecule has 0 N–H and O–H groups in total. The smallest absolute Gasteiger partial charge is 0.0764 e. The maximum Gasteiger partial charge on any atom is 0.0764 e. The zero-order valence-corrected chi connectivity index (χ0v) is 11.0. The third-order valence-electron chi connectivity index (χ3n) is 2.73. The molecule has 0 aliphatic carbocycles. The first-order valence-corrected chi connectivity index (χ1v) is 6.01. The van der Waals surface area contributed by atoms with Crippen LogP contribution in [0.5, 0.6) is 0 Å². The minimum Gasteiger partial charge on any atom is -0.252 e. The maximum atomic E-state index is 6.25. The SMILES string of the molecule is Cc1c(Cl)ccc2c(Cl)cc(C(C)C)nc12. The quantitative estimate of drug-likeness (QED) is 0.699. The summed E-state index contributed by atoms with van der Waals surface area (Å²) in [4.78, 5) is 4.63. The van der Waals surface area contributed by atoms with E-state index in [0.717, 1.165) is 32.2 Å². The van der Waals surface area contributed by atoms with E-state index in [1.807, 2.05) is 25.1 Å². The Morgan fingerprint density at radius 2 is 1.81 bits per heavy atom. The number of pyridine rings is 1. The van der Waals surface area contributed by atoms with Crippen molar-refractivity contribution in [1.82, 2.24) is 4.98 Å². The van der Waals surface area contributed by atoms with Gasteiger partial charge in [-0.15, -0.1) is 0 Å². The zero-order chi connectivity index (χ0) is 11.9. The lowest BCUT2D eigenvalue weighted by molar-refractivity contribution is 0.829. The molecule has 0 bridgehead atoms. The van der Waals surface area contributed by atoms with Crippen LogP contribution in [0.3, 0.4) is 0 Å². The molecular weight excluding hydrogens is 241 g/mol. The van der Waals surface area contributed by atoms with E-state index in [2.05, 4.69) is 18.8 Å². The molecule has 0 atom stereocenters. The second kappa shape index (κ2) is 4.23. The molecule has 2 aromatic rings. The van der Waals surface area contributed by atoms with Crippen LogP contribution in [-0.2, 0) is 0 Å². The van der Waals surface area contributed by atoms with Crippen LogP contribution in [-0.4, -0.2) is 4.98 Å². The fraction of sp³-hybridized carbons (Fsp3) is 0.308. The molecule has 0 fully saturated rings. The highest BCUT2D eigenvalue weighted by molar-refractivity contribution is 6.36. The summed E-state index contributed by atoms with van der Waals surface area (Å²) in [5, 5.41) is 2.44. The van der Waals surface area contributed by atoms with Gasteiger partial charge in [0.1, 0.15) is 0 Å². The number of fused-ring (bicyclic) bond motifs is 1. The number of hydrogen-bond donors (Lipinski definition) is 0. The van der Waals surface area contributed by atoms with Gasteiger partial charge in [-0.25, -0.2) is 0 Å². The van der Waals surface area contributed by atoms with E-state index in [1.165, 1.54) is 0 Å². The van der Waals surface area contributed by atoms with Crippen molar-refractivity contribution in [2.45, 2.75) is 26.7 Å². The van der Waals surface area contributed by atoms with Crippen molar-refractivity contribution < 1.29 is 0 Å². The number of aromatic nitrogens is 1. The van der Waals surface area contributed by atoms with E-state index in [0.29, 0.717) is 5.92 Å². The summed E-state index contributed by atoms with van der Waals surface area (Å²) >= 11 is 12.3. The van der Waals surface area contributed by atoms with Gasteiger partial charge in [0.2, 0.25) is 0 Å². The van der Waals surface area contributed by atoms with Gasteiger partial charge in [0.25, 0.3) is 0 Å². The minimum absolute atomic E-state index is 0.361. The molecule has 2 rings (SSSR count). The Labute approximate surface area is 105 Å². The van der Waals surface area contributed by atoms with E-state index >= 15 is 0 Å². The van der Waals surface area contributed by atoms with Crippen molar-refractivity contribution in [2.75, 3.05) is 0 Å². The topological polar surface area (TPSA) is 12.9 Å². The van der Waals surface area contributed by atoms with Crippen LogP contribution in [0.25, 0.3) is 10.9 Å². The first-order valence-electron chi connectivity index (χ1n) is 5.26. The molecule has 1 heterocycles. The molecule has 0 spiro atoms. The second-order valence-electron chi connectivity index (χ2n) is 4.25. The molecule has 1 aromatic heterocycles. The highest BCUT2D eigenvalue weighted by Crippen LogP contribution is 2.31. The van der Waals surface area contributed by atoms with Gasteiger partial charge in [-0.1, -0.05) is 37.0 Å². The molecule has 0 aliphatic heterocycles. The number of nitrogens with zero attached hydrogens (tertiary/aromatic N) is 1. The highest BCUT2D eigenvalue weighted by Gasteiger charge is 2.10. The predicted molar refractivity (Wildman–Crippen MR) is 70.6 cm³/mol. The van der Waals surface area contributed by atoms with Crippen LogP contribution in [0.2, 0.25) is 10.0 Å². The number of rotatable bonds is 1. The molecule has 1 aromatic carbocycles. The van der Waals surface area contributed by atoms with E-state index in [9.17, 15) is 0 Å². The van der Waals surface area contributed by atoms with Crippen LogP contribution in [0.4, 0.5) is 0 Å². The van der Waals surface area contributed by atoms with Gasteiger partial charge in [0.15, 0.2) is 0 Å². The van der Waals surface area contributed by atoms with Crippen molar-refractivity contribution in [3.63, 3.8) is 0 Å². The molecule has 3 heteroatoms. The monoisotopic (exact) mass is 253 g/mol. The van der Waals surface area contributed by atoms with Crippen molar-refractivity contribution >= 4 is 34.1 Å². The van der Waals surface area contributed by atoms with Gasteiger partial charge >= 0.3 is 0 Å². The molecule has 1 nitrogen and oxygen atoms in total. The summed E-state index contributed by atoms with van der Waals surface area (Å²) in [5.41, 5.74) is 2.90. The normalized spacial score (nSPS) is 11.4. The van der Waals surface area contributed by atoms with Gasteiger partial charge in [0.05, 0.1) is 10.5 Å². The number of hydrogen-bond acceptors (Lipinski definition) is 1. The van der Waals surface area contributed by atoms with E-state index in [4.69, 9.17) is 23.2 Å². The molecule has 0 unspecified atom stereocenters. The second-order valence-corrected chi connectivity index (χ2v) is 5.07. The summed E-state index contributed by atoms with van der Waals surface area (Å²) in [5.74, 6) is 0.361. The average molecular weight is 254 g/mol. The van der Waals surface area contributed by atoms with Crippen molar-refractivity contribution in [1.29, 1.82) is 0 Å². The van der Waals surface area contributed by atoms with E-state index < -0.39 is 0 Å². The lowest BCUT2D eigenvalue weighted by Crippen LogP contribution is -1.95. The van der Waals surface area contributed by atoms with Crippen LogP contribution >= 0.6 is 23.2 Å². The zero-order valence-electron chi connectivity index (χ0n) is 9.51. The lowest BCUT2D eigenvalue weighted by Gasteiger charge is -2.10. The third-order valence-corrected chi connectivity index (χ3v) is 3.45.